The highest BCUT2D eigenvalue weighted by molar-refractivity contribution is 9.10. The van der Waals surface area contributed by atoms with E-state index in [2.05, 4.69) is 15.9 Å². The first-order valence-corrected chi connectivity index (χ1v) is 5.72. The lowest BCUT2D eigenvalue weighted by atomic mass is 10.0. The van der Waals surface area contributed by atoms with Crippen LogP contribution in [-0.4, -0.2) is 5.78 Å². The molecule has 0 aromatic heterocycles. The molecule has 0 aliphatic rings. The molecule has 0 fully saturated rings. The molecule has 2 aromatic rings. The monoisotopic (exact) mass is 293 g/mol. The Morgan fingerprint density at radius 3 is 2.35 bits per heavy atom. The van der Waals surface area contributed by atoms with Crippen molar-refractivity contribution in [2.75, 3.05) is 5.73 Å². The van der Waals surface area contributed by atoms with Crippen molar-refractivity contribution in [2.24, 2.45) is 0 Å². The molecule has 2 rings (SSSR count). The molecule has 2 N–H and O–H groups in total. The molecule has 17 heavy (non-hydrogen) atoms. The number of nitrogen functional groups attached to an aromatic ring is 1. The average Bonchev–Trinajstić information content (AvgIpc) is 2.29. The summed E-state index contributed by atoms with van der Waals surface area (Å²) in [5, 5.41) is 0. The minimum Gasteiger partial charge on any atom is -0.399 e. The van der Waals surface area contributed by atoms with E-state index >= 15 is 0 Å². The maximum atomic E-state index is 12.9. The molecule has 0 unspecified atom stereocenters. The van der Waals surface area contributed by atoms with Crippen LogP contribution in [0.5, 0.6) is 0 Å². The minimum absolute atomic E-state index is 0.170. The molecule has 0 amide bonds. The predicted molar refractivity (Wildman–Crippen MR) is 68.4 cm³/mol. The first kappa shape index (κ1) is 11.8. The molecule has 0 aliphatic carbocycles. The third kappa shape index (κ3) is 2.53. The molecule has 0 saturated heterocycles. The molecule has 86 valence electrons. The van der Waals surface area contributed by atoms with Gasteiger partial charge in [-0.2, -0.15) is 0 Å². The second-order valence-corrected chi connectivity index (χ2v) is 4.43. The van der Waals surface area contributed by atoms with Crippen LogP contribution < -0.4 is 5.73 Å². The topological polar surface area (TPSA) is 43.1 Å². The van der Waals surface area contributed by atoms with Gasteiger partial charge in [-0.05, 0) is 58.4 Å². The van der Waals surface area contributed by atoms with Crippen molar-refractivity contribution in [1.82, 2.24) is 0 Å². The number of hydrogen-bond donors (Lipinski definition) is 1. The molecule has 2 aromatic carbocycles. The van der Waals surface area contributed by atoms with Crippen LogP contribution in [0.1, 0.15) is 15.9 Å². The van der Waals surface area contributed by atoms with Gasteiger partial charge in [-0.3, -0.25) is 4.79 Å². The van der Waals surface area contributed by atoms with E-state index in [0.717, 1.165) is 0 Å². The van der Waals surface area contributed by atoms with Gasteiger partial charge in [-0.1, -0.05) is 0 Å². The highest BCUT2D eigenvalue weighted by atomic mass is 79.9. The zero-order valence-corrected chi connectivity index (χ0v) is 10.4. The molecule has 0 spiro atoms. The van der Waals surface area contributed by atoms with Gasteiger partial charge < -0.3 is 5.73 Å². The molecule has 0 saturated carbocycles. The van der Waals surface area contributed by atoms with Gasteiger partial charge in [0.1, 0.15) is 5.82 Å². The van der Waals surface area contributed by atoms with E-state index < -0.39 is 0 Å². The fraction of sp³-hybridized carbons (Fsp3) is 0. The summed E-state index contributed by atoms with van der Waals surface area (Å²) in [4.78, 5) is 12.1. The maximum Gasteiger partial charge on any atom is 0.194 e. The van der Waals surface area contributed by atoms with Gasteiger partial charge in [-0.25, -0.2) is 4.39 Å². The highest BCUT2D eigenvalue weighted by Gasteiger charge is 2.12. The van der Waals surface area contributed by atoms with E-state index in [4.69, 9.17) is 5.73 Å². The number of benzene rings is 2. The third-order valence-corrected chi connectivity index (χ3v) is 3.00. The Morgan fingerprint density at radius 1 is 1.12 bits per heavy atom. The van der Waals surface area contributed by atoms with Crippen molar-refractivity contribution < 1.29 is 9.18 Å². The number of ketones is 1. The molecule has 0 heterocycles. The lowest BCUT2D eigenvalue weighted by Gasteiger charge is -2.04. The van der Waals surface area contributed by atoms with Crippen LogP contribution in [0, 0.1) is 5.82 Å². The van der Waals surface area contributed by atoms with Crippen molar-refractivity contribution in [3.8, 4) is 0 Å². The molecular formula is C13H9BrFNO. The van der Waals surface area contributed by atoms with Crippen molar-refractivity contribution in [3.05, 3.63) is 63.9 Å². The highest BCUT2D eigenvalue weighted by Crippen LogP contribution is 2.21. The Bertz CT molecular complexity index is 566. The standard InChI is InChI=1S/C13H9BrFNO/c14-12-7-9(15)3-6-11(12)13(17)8-1-4-10(16)5-2-8/h1-7H,16H2. The van der Waals surface area contributed by atoms with Gasteiger partial charge in [0.15, 0.2) is 5.78 Å². The van der Waals surface area contributed by atoms with Crippen molar-refractivity contribution in [1.29, 1.82) is 0 Å². The quantitative estimate of drug-likeness (QED) is 0.681. The van der Waals surface area contributed by atoms with E-state index in [-0.39, 0.29) is 11.6 Å². The Morgan fingerprint density at radius 2 is 1.76 bits per heavy atom. The Hall–Kier alpha value is -1.68. The number of carbonyl (C=O) groups is 1. The van der Waals surface area contributed by atoms with Crippen molar-refractivity contribution in [3.63, 3.8) is 0 Å². The number of nitrogens with two attached hydrogens (primary N) is 1. The summed E-state index contributed by atoms with van der Waals surface area (Å²) in [6, 6.07) is 10.6. The first-order chi connectivity index (χ1) is 8.08. The Kier molecular flexibility index (Phi) is 3.24. The number of rotatable bonds is 2. The fourth-order valence-corrected chi connectivity index (χ4v) is 1.99. The SMILES string of the molecule is Nc1ccc(C(=O)c2ccc(F)cc2Br)cc1. The second kappa shape index (κ2) is 4.67. The number of anilines is 1. The van der Waals surface area contributed by atoms with Gasteiger partial charge in [0, 0.05) is 21.3 Å². The molecule has 0 atom stereocenters. The second-order valence-electron chi connectivity index (χ2n) is 3.58. The summed E-state index contributed by atoms with van der Waals surface area (Å²) in [6.07, 6.45) is 0. The fourth-order valence-electron chi connectivity index (χ4n) is 1.46. The molecule has 4 heteroatoms. The van der Waals surface area contributed by atoms with Gasteiger partial charge >= 0.3 is 0 Å². The van der Waals surface area contributed by atoms with Crippen LogP contribution in [0.2, 0.25) is 0 Å². The van der Waals surface area contributed by atoms with E-state index in [9.17, 15) is 9.18 Å². The smallest absolute Gasteiger partial charge is 0.194 e. The maximum absolute atomic E-state index is 12.9. The first-order valence-electron chi connectivity index (χ1n) is 4.93. The van der Waals surface area contributed by atoms with Crippen molar-refractivity contribution in [2.45, 2.75) is 0 Å². The summed E-state index contributed by atoms with van der Waals surface area (Å²) in [7, 11) is 0. The summed E-state index contributed by atoms with van der Waals surface area (Å²) in [6.45, 7) is 0. The lowest BCUT2D eigenvalue weighted by molar-refractivity contribution is 0.103. The molecule has 0 radical (unpaired) electrons. The molecular weight excluding hydrogens is 285 g/mol. The Labute approximate surface area is 106 Å². The number of hydrogen-bond acceptors (Lipinski definition) is 2. The van der Waals surface area contributed by atoms with Gasteiger partial charge in [0.05, 0.1) is 0 Å². The molecule has 0 aliphatic heterocycles. The van der Waals surface area contributed by atoms with E-state index in [1.54, 1.807) is 24.3 Å². The summed E-state index contributed by atoms with van der Waals surface area (Å²) >= 11 is 3.17. The summed E-state index contributed by atoms with van der Waals surface area (Å²) < 4.78 is 13.4. The zero-order valence-electron chi connectivity index (χ0n) is 8.78. The predicted octanol–water partition coefficient (Wildman–Crippen LogP) is 3.40. The van der Waals surface area contributed by atoms with Crippen LogP contribution in [0.4, 0.5) is 10.1 Å². The van der Waals surface area contributed by atoms with Crippen molar-refractivity contribution >= 4 is 27.4 Å². The van der Waals surface area contributed by atoms with Crippen LogP contribution in [-0.2, 0) is 0 Å². The lowest BCUT2D eigenvalue weighted by Crippen LogP contribution is -2.02. The van der Waals surface area contributed by atoms with Crippen LogP contribution in [0.15, 0.2) is 46.9 Å². The minimum atomic E-state index is -0.384. The summed E-state index contributed by atoms with van der Waals surface area (Å²) in [5.41, 5.74) is 7.09. The van der Waals surface area contributed by atoms with Crippen LogP contribution in [0.25, 0.3) is 0 Å². The van der Waals surface area contributed by atoms with E-state index in [1.165, 1.54) is 18.2 Å². The van der Waals surface area contributed by atoms with E-state index in [1.807, 2.05) is 0 Å². The average molecular weight is 294 g/mol. The molecule has 0 bridgehead atoms. The molecule has 2 nitrogen and oxygen atoms in total. The van der Waals surface area contributed by atoms with E-state index in [0.29, 0.717) is 21.3 Å². The number of halogens is 2. The third-order valence-electron chi connectivity index (χ3n) is 2.35. The van der Waals surface area contributed by atoms with Gasteiger partial charge in [-0.15, -0.1) is 0 Å². The van der Waals surface area contributed by atoms with Gasteiger partial charge in [0.2, 0.25) is 0 Å². The summed E-state index contributed by atoms with van der Waals surface area (Å²) in [5.74, 6) is -0.553. The van der Waals surface area contributed by atoms with Crippen LogP contribution >= 0.6 is 15.9 Å². The number of carbonyl (C=O) groups excluding carboxylic acids is 1. The Balaban J connectivity index is 2.40. The zero-order chi connectivity index (χ0) is 12.4. The largest absolute Gasteiger partial charge is 0.399 e. The van der Waals surface area contributed by atoms with Crippen LogP contribution in [0.3, 0.4) is 0 Å². The normalized spacial score (nSPS) is 10.2. The van der Waals surface area contributed by atoms with Gasteiger partial charge in [0.25, 0.3) is 0 Å².